The van der Waals surface area contributed by atoms with Crippen molar-refractivity contribution < 1.29 is 9.21 Å². The molecule has 0 bridgehead atoms. The lowest BCUT2D eigenvalue weighted by molar-refractivity contribution is 0.0772. The maximum atomic E-state index is 13.0. The lowest BCUT2D eigenvalue weighted by Gasteiger charge is -2.23. The third kappa shape index (κ3) is 4.73. The van der Waals surface area contributed by atoms with Crippen molar-refractivity contribution in [3.63, 3.8) is 0 Å². The van der Waals surface area contributed by atoms with E-state index in [0.717, 1.165) is 50.0 Å². The number of rotatable bonds is 7. The van der Waals surface area contributed by atoms with Gasteiger partial charge in [0.25, 0.3) is 5.91 Å². The highest BCUT2D eigenvalue weighted by atomic mass is 16.3. The van der Waals surface area contributed by atoms with Gasteiger partial charge >= 0.3 is 0 Å². The van der Waals surface area contributed by atoms with E-state index in [0.29, 0.717) is 23.4 Å². The fourth-order valence-corrected chi connectivity index (χ4v) is 4.28. The van der Waals surface area contributed by atoms with Crippen molar-refractivity contribution in [1.29, 1.82) is 0 Å². The molecule has 1 saturated heterocycles. The van der Waals surface area contributed by atoms with Gasteiger partial charge in [0.2, 0.25) is 0 Å². The van der Waals surface area contributed by atoms with Crippen LogP contribution in [0.2, 0.25) is 0 Å². The van der Waals surface area contributed by atoms with E-state index in [-0.39, 0.29) is 5.91 Å². The number of oxazole rings is 1. The van der Waals surface area contributed by atoms with Gasteiger partial charge in [0, 0.05) is 38.2 Å². The Morgan fingerprint density at radius 2 is 2.00 bits per heavy atom. The molecule has 0 spiro atoms. The minimum Gasteiger partial charge on any atom is -0.441 e. The van der Waals surface area contributed by atoms with Crippen LogP contribution in [0, 0.1) is 5.92 Å². The van der Waals surface area contributed by atoms with Crippen LogP contribution in [0.25, 0.3) is 11.1 Å². The van der Waals surface area contributed by atoms with Gasteiger partial charge in [0.05, 0.1) is 0 Å². The average Bonchev–Trinajstić information content (AvgIpc) is 3.38. The summed E-state index contributed by atoms with van der Waals surface area (Å²) in [6, 6.07) is 16.5. The molecule has 0 saturated carbocycles. The van der Waals surface area contributed by atoms with Crippen LogP contribution in [0.3, 0.4) is 0 Å². The molecule has 0 aliphatic carbocycles. The third-order valence-electron chi connectivity index (χ3n) is 6.08. The predicted molar refractivity (Wildman–Crippen MR) is 120 cm³/mol. The number of likely N-dealkylation sites (tertiary alicyclic amines) is 1. The first kappa shape index (κ1) is 20.6. The van der Waals surface area contributed by atoms with E-state index in [1.807, 2.05) is 48.3 Å². The number of fused-ring (bicyclic) bond motifs is 1. The molecule has 30 heavy (non-hydrogen) atoms. The number of hydrogen-bond donors (Lipinski definition) is 0. The molecule has 1 fully saturated rings. The lowest BCUT2D eigenvalue weighted by Crippen LogP contribution is -2.34. The smallest absolute Gasteiger partial charge is 0.253 e. The molecule has 0 N–H and O–H groups in total. The minimum absolute atomic E-state index is 0.0498. The molecule has 158 valence electrons. The number of amides is 1. The highest BCUT2D eigenvalue weighted by Gasteiger charge is 2.26. The Bertz CT molecular complexity index is 996. The maximum Gasteiger partial charge on any atom is 0.253 e. The molecule has 1 aliphatic rings. The fraction of sp³-hybridized carbons (Fsp3) is 0.440. The summed E-state index contributed by atoms with van der Waals surface area (Å²) in [7, 11) is 1.90. The second-order valence-electron chi connectivity index (χ2n) is 8.70. The summed E-state index contributed by atoms with van der Waals surface area (Å²) in [5.74, 6) is 1.31. The zero-order chi connectivity index (χ0) is 21.1. The van der Waals surface area contributed by atoms with E-state index in [1.165, 1.54) is 5.56 Å². The normalized spacial score (nSPS) is 17.1. The lowest BCUT2D eigenvalue weighted by atomic mass is 10.1. The molecular weight excluding hydrogens is 374 g/mol. The van der Waals surface area contributed by atoms with Gasteiger partial charge in [-0.3, -0.25) is 4.79 Å². The van der Waals surface area contributed by atoms with E-state index in [9.17, 15) is 4.79 Å². The summed E-state index contributed by atoms with van der Waals surface area (Å²) in [4.78, 5) is 21.9. The van der Waals surface area contributed by atoms with Gasteiger partial charge in [-0.05, 0) is 62.9 Å². The molecule has 5 nitrogen and oxygen atoms in total. The van der Waals surface area contributed by atoms with Crippen LogP contribution < -0.4 is 0 Å². The Kier molecular flexibility index (Phi) is 6.18. The number of aryl methyl sites for hydroxylation is 2. The highest BCUT2D eigenvalue weighted by molar-refractivity contribution is 5.97. The van der Waals surface area contributed by atoms with Gasteiger partial charge in [0.1, 0.15) is 5.52 Å². The van der Waals surface area contributed by atoms with Crippen LogP contribution in [0.15, 0.2) is 52.9 Å². The number of benzene rings is 2. The quantitative estimate of drug-likeness (QED) is 0.584. The molecule has 1 aliphatic heterocycles. The van der Waals surface area contributed by atoms with E-state index in [4.69, 9.17) is 4.42 Å². The largest absolute Gasteiger partial charge is 0.441 e. The Morgan fingerprint density at radius 1 is 1.20 bits per heavy atom. The Hall–Kier alpha value is -2.66. The monoisotopic (exact) mass is 405 g/mol. The molecule has 4 rings (SSSR count). The third-order valence-corrected chi connectivity index (χ3v) is 6.08. The van der Waals surface area contributed by atoms with Crippen LogP contribution in [0.1, 0.15) is 42.1 Å². The Balaban J connectivity index is 1.39. The number of nitrogens with zero attached hydrogens (tertiary/aromatic N) is 3. The minimum atomic E-state index is 0.0498. The zero-order valence-corrected chi connectivity index (χ0v) is 18.2. The Labute approximate surface area is 178 Å². The second kappa shape index (κ2) is 9.00. The van der Waals surface area contributed by atoms with Crippen LogP contribution in [0.5, 0.6) is 0 Å². The van der Waals surface area contributed by atoms with Crippen LogP contribution in [-0.4, -0.2) is 53.4 Å². The molecule has 2 heterocycles. The van der Waals surface area contributed by atoms with E-state index >= 15 is 0 Å². The van der Waals surface area contributed by atoms with Gasteiger partial charge in [-0.2, -0.15) is 0 Å². The van der Waals surface area contributed by atoms with Gasteiger partial charge in [-0.1, -0.05) is 30.3 Å². The first-order valence-corrected chi connectivity index (χ1v) is 10.9. The summed E-state index contributed by atoms with van der Waals surface area (Å²) in [6.45, 7) is 7.46. The summed E-state index contributed by atoms with van der Waals surface area (Å²) in [5.41, 5.74) is 3.43. The zero-order valence-electron chi connectivity index (χ0n) is 18.2. The molecule has 0 radical (unpaired) electrons. The van der Waals surface area contributed by atoms with E-state index < -0.39 is 0 Å². The summed E-state index contributed by atoms with van der Waals surface area (Å²) in [6.07, 6.45) is 2.79. The van der Waals surface area contributed by atoms with E-state index in [1.54, 1.807) is 0 Å². The first-order valence-electron chi connectivity index (χ1n) is 10.9. The van der Waals surface area contributed by atoms with Crippen LogP contribution in [-0.2, 0) is 12.8 Å². The van der Waals surface area contributed by atoms with Gasteiger partial charge in [0.15, 0.2) is 11.5 Å². The summed E-state index contributed by atoms with van der Waals surface area (Å²) in [5, 5.41) is 0. The van der Waals surface area contributed by atoms with Crippen molar-refractivity contribution in [1.82, 2.24) is 14.8 Å². The van der Waals surface area contributed by atoms with Crippen molar-refractivity contribution in [2.24, 2.45) is 5.92 Å². The molecule has 3 aromatic rings. The maximum absolute atomic E-state index is 13.0. The van der Waals surface area contributed by atoms with Crippen molar-refractivity contribution in [3.8, 4) is 0 Å². The molecular formula is C25H31N3O2. The molecule has 1 atom stereocenters. The molecule has 0 unspecified atom stereocenters. The van der Waals surface area contributed by atoms with Crippen molar-refractivity contribution in [2.75, 3.05) is 26.7 Å². The second-order valence-corrected chi connectivity index (χ2v) is 8.70. The highest BCUT2D eigenvalue weighted by Crippen LogP contribution is 2.22. The van der Waals surface area contributed by atoms with E-state index in [2.05, 4.69) is 35.9 Å². The number of aromatic nitrogens is 1. The topological polar surface area (TPSA) is 49.6 Å². The van der Waals surface area contributed by atoms with Gasteiger partial charge in [-0.25, -0.2) is 4.98 Å². The SMILES string of the molecule is CC(C)N1CC[C@@H](CN(C)C(=O)c2ccc3oc(CCc4ccccc4)nc3c2)C1. The van der Waals surface area contributed by atoms with Crippen LogP contribution >= 0.6 is 0 Å². The van der Waals surface area contributed by atoms with Crippen LogP contribution in [0.4, 0.5) is 0 Å². The predicted octanol–water partition coefficient (Wildman–Crippen LogP) is 4.42. The van der Waals surface area contributed by atoms with Gasteiger partial charge in [-0.15, -0.1) is 0 Å². The standard InChI is InChI=1S/C25H31N3O2/c1-18(2)28-14-13-20(17-28)16-27(3)25(29)21-10-11-23-22(15-21)26-24(30-23)12-9-19-7-5-4-6-8-19/h4-8,10-11,15,18,20H,9,12-14,16-17H2,1-3H3/t20-/m0/s1. The van der Waals surface area contributed by atoms with Gasteiger partial charge < -0.3 is 14.2 Å². The molecule has 5 heteroatoms. The average molecular weight is 406 g/mol. The molecule has 1 amide bonds. The fourth-order valence-electron chi connectivity index (χ4n) is 4.28. The number of carbonyl (C=O) groups excluding carboxylic acids is 1. The Morgan fingerprint density at radius 3 is 2.73 bits per heavy atom. The van der Waals surface area contributed by atoms with Crippen molar-refractivity contribution in [2.45, 2.75) is 39.2 Å². The van der Waals surface area contributed by atoms with Crippen molar-refractivity contribution >= 4 is 17.0 Å². The number of hydrogen-bond acceptors (Lipinski definition) is 4. The first-order chi connectivity index (χ1) is 14.5. The number of carbonyl (C=O) groups is 1. The molecule has 1 aromatic heterocycles. The molecule has 2 aromatic carbocycles. The summed E-state index contributed by atoms with van der Waals surface area (Å²) >= 11 is 0. The van der Waals surface area contributed by atoms with Crippen molar-refractivity contribution in [3.05, 3.63) is 65.5 Å². The summed E-state index contributed by atoms with van der Waals surface area (Å²) < 4.78 is 5.89.